The van der Waals surface area contributed by atoms with E-state index < -0.39 is 28.2 Å². The van der Waals surface area contributed by atoms with Gasteiger partial charge in [0.1, 0.15) is 6.04 Å². The molecule has 188 valence electrons. The fourth-order valence-electron chi connectivity index (χ4n) is 6.74. The minimum Gasteiger partial charge on any atom is -0.396 e. The zero-order chi connectivity index (χ0) is 24.8. The summed E-state index contributed by atoms with van der Waals surface area (Å²) in [4.78, 5) is 42.5. The number of fused-ring (bicyclic) bond motifs is 1. The normalized spacial score (nSPS) is 33.4. The summed E-state index contributed by atoms with van der Waals surface area (Å²) in [5.74, 6) is -1.03. The van der Waals surface area contributed by atoms with Crippen molar-refractivity contribution in [2.24, 2.45) is 23.2 Å². The molecule has 0 aromatic heterocycles. The molecule has 0 aromatic rings. The van der Waals surface area contributed by atoms with Gasteiger partial charge in [0, 0.05) is 30.5 Å². The third kappa shape index (κ3) is 4.79. The van der Waals surface area contributed by atoms with Gasteiger partial charge < -0.3 is 20.6 Å². The number of nitrogens with one attached hydrogen (secondary N) is 2. The summed E-state index contributed by atoms with van der Waals surface area (Å²) in [6, 6.07) is -0.630. The molecule has 3 aliphatic rings. The second kappa shape index (κ2) is 9.40. The van der Waals surface area contributed by atoms with Gasteiger partial charge in [-0.2, -0.15) is 0 Å². The van der Waals surface area contributed by atoms with Crippen molar-refractivity contribution in [3.05, 3.63) is 0 Å². The number of nitrogens with zero attached hydrogens (tertiary/aromatic N) is 1. The minimum atomic E-state index is -0.630. The van der Waals surface area contributed by atoms with Gasteiger partial charge in [-0.25, -0.2) is 0 Å². The lowest BCUT2D eigenvalue weighted by Crippen LogP contribution is -2.60. The van der Waals surface area contributed by atoms with Gasteiger partial charge in [0.25, 0.3) is 0 Å². The average molecular weight is 482 g/mol. The highest BCUT2D eigenvalue weighted by atomic mass is 32.2. The van der Waals surface area contributed by atoms with Gasteiger partial charge in [-0.1, -0.05) is 34.6 Å². The van der Waals surface area contributed by atoms with E-state index in [1.165, 1.54) is 0 Å². The molecule has 6 atom stereocenters. The van der Waals surface area contributed by atoms with Crippen molar-refractivity contribution in [2.45, 2.75) is 95.7 Å². The molecule has 3 N–H and O–H groups in total. The lowest BCUT2D eigenvalue weighted by molar-refractivity contribution is -0.140. The molecule has 1 spiro atoms. The van der Waals surface area contributed by atoms with E-state index in [4.69, 9.17) is 0 Å². The zero-order valence-electron chi connectivity index (χ0n) is 21.4. The van der Waals surface area contributed by atoms with Crippen LogP contribution >= 0.6 is 11.8 Å². The van der Waals surface area contributed by atoms with Crippen molar-refractivity contribution in [3.63, 3.8) is 0 Å². The molecular weight excluding hydrogens is 438 g/mol. The molecule has 3 heterocycles. The molecular formula is C25H43N3O4S. The Bertz CT molecular complexity index is 780. The number of hydrogen-bond acceptors (Lipinski definition) is 5. The van der Waals surface area contributed by atoms with Crippen LogP contribution in [0.15, 0.2) is 0 Å². The molecule has 3 saturated heterocycles. The highest BCUT2D eigenvalue weighted by Crippen LogP contribution is 2.68. The van der Waals surface area contributed by atoms with Crippen LogP contribution in [0.4, 0.5) is 0 Å². The number of aliphatic hydroxyl groups excluding tert-OH is 1. The van der Waals surface area contributed by atoms with Crippen LogP contribution in [-0.4, -0.2) is 69.0 Å². The van der Waals surface area contributed by atoms with Crippen LogP contribution in [0.1, 0.15) is 74.1 Å². The van der Waals surface area contributed by atoms with Crippen LogP contribution in [0, 0.1) is 23.2 Å². The van der Waals surface area contributed by atoms with Crippen molar-refractivity contribution in [3.8, 4) is 0 Å². The number of amides is 3. The first kappa shape index (κ1) is 26.3. The molecule has 0 saturated carbocycles. The monoisotopic (exact) mass is 481 g/mol. The van der Waals surface area contributed by atoms with Crippen molar-refractivity contribution in [2.75, 3.05) is 19.7 Å². The summed E-state index contributed by atoms with van der Waals surface area (Å²) in [5, 5.41) is 15.8. The number of likely N-dealkylation sites (tertiary alicyclic amines) is 1. The third-order valence-corrected chi connectivity index (χ3v) is 9.41. The Hall–Kier alpha value is -1.28. The summed E-state index contributed by atoms with van der Waals surface area (Å²) >= 11 is 1.70. The third-order valence-electron chi connectivity index (χ3n) is 7.34. The van der Waals surface area contributed by atoms with Crippen LogP contribution < -0.4 is 10.6 Å². The van der Waals surface area contributed by atoms with E-state index in [1.54, 1.807) is 16.7 Å². The smallest absolute Gasteiger partial charge is 0.244 e. The second-order valence-electron chi connectivity index (χ2n) is 12.1. The van der Waals surface area contributed by atoms with Crippen LogP contribution in [0.5, 0.6) is 0 Å². The van der Waals surface area contributed by atoms with Gasteiger partial charge in [0.2, 0.25) is 17.7 Å². The SMILES string of the molecule is CCCNC(=O)[C@@H]1[C@@H]2CC(C)C3(S2)C(C(=O)NC(C)(C)CC(C)(C)C)N(CCCO)C(=O)[C@H]13. The van der Waals surface area contributed by atoms with E-state index >= 15 is 0 Å². The maximum atomic E-state index is 13.9. The number of rotatable bonds is 9. The number of carbonyl (C=O) groups is 3. The largest absolute Gasteiger partial charge is 0.396 e. The lowest BCUT2D eigenvalue weighted by Gasteiger charge is -2.41. The van der Waals surface area contributed by atoms with Gasteiger partial charge in [-0.05, 0) is 50.9 Å². The van der Waals surface area contributed by atoms with Gasteiger partial charge in [-0.3, -0.25) is 14.4 Å². The van der Waals surface area contributed by atoms with Crippen LogP contribution in [0.25, 0.3) is 0 Å². The molecule has 3 unspecified atom stereocenters. The first-order valence-electron chi connectivity index (χ1n) is 12.5. The fraction of sp³-hybridized carbons (Fsp3) is 0.880. The molecule has 3 fully saturated rings. The van der Waals surface area contributed by atoms with E-state index in [9.17, 15) is 19.5 Å². The predicted octanol–water partition coefficient (Wildman–Crippen LogP) is 2.56. The van der Waals surface area contributed by atoms with E-state index in [1.807, 2.05) is 20.8 Å². The Labute approximate surface area is 203 Å². The highest BCUT2D eigenvalue weighted by Gasteiger charge is 2.75. The van der Waals surface area contributed by atoms with Crippen molar-refractivity contribution in [1.29, 1.82) is 0 Å². The number of thioether (sulfide) groups is 1. The maximum absolute atomic E-state index is 13.9. The summed E-state index contributed by atoms with van der Waals surface area (Å²) in [6.45, 7) is 15.5. The Balaban J connectivity index is 1.97. The second-order valence-corrected chi connectivity index (χ2v) is 13.6. The molecule has 0 aliphatic carbocycles. The Kier molecular flexibility index (Phi) is 7.50. The molecule has 7 nitrogen and oxygen atoms in total. The minimum absolute atomic E-state index is 0.0377. The zero-order valence-corrected chi connectivity index (χ0v) is 22.2. The molecule has 3 aliphatic heterocycles. The Morgan fingerprint density at radius 2 is 1.88 bits per heavy atom. The quantitative estimate of drug-likeness (QED) is 0.470. The van der Waals surface area contributed by atoms with Crippen molar-refractivity contribution >= 4 is 29.5 Å². The first-order valence-corrected chi connectivity index (χ1v) is 13.4. The topological polar surface area (TPSA) is 98.7 Å². The number of carbonyl (C=O) groups excluding carboxylic acids is 3. The molecule has 3 amide bonds. The number of aliphatic hydroxyl groups is 1. The highest BCUT2D eigenvalue weighted by molar-refractivity contribution is 8.02. The van der Waals surface area contributed by atoms with Crippen molar-refractivity contribution in [1.82, 2.24) is 15.5 Å². The van der Waals surface area contributed by atoms with Crippen LogP contribution in [0.3, 0.4) is 0 Å². The van der Waals surface area contributed by atoms with Gasteiger partial charge in [0.15, 0.2) is 0 Å². The summed E-state index contributed by atoms with van der Waals surface area (Å²) in [6.07, 6.45) is 2.89. The van der Waals surface area contributed by atoms with Crippen LogP contribution in [0.2, 0.25) is 0 Å². The van der Waals surface area contributed by atoms with Gasteiger partial charge in [0.05, 0.1) is 16.6 Å². The molecule has 0 radical (unpaired) electrons. The van der Waals surface area contributed by atoms with E-state index in [-0.39, 0.29) is 40.9 Å². The molecule has 2 bridgehead atoms. The van der Waals surface area contributed by atoms with Crippen molar-refractivity contribution < 1.29 is 19.5 Å². The summed E-state index contributed by atoms with van der Waals surface area (Å²) < 4.78 is -0.604. The summed E-state index contributed by atoms with van der Waals surface area (Å²) in [7, 11) is 0. The Morgan fingerprint density at radius 3 is 2.45 bits per heavy atom. The maximum Gasteiger partial charge on any atom is 0.244 e. The predicted molar refractivity (Wildman–Crippen MR) is 132 cm³/mol. The fourth-order valence-corrected chi connectivity index (χ4v) is 9.16. The average Bonchev–Trinajstić information content (AvgIpc) is 3.25. The van der Waals surface area contributed by atoms with E-state index in [0.29, 0.717) is 19.5 Å². The molecule has 3 rings (SSSR count). The summed E-state index contributed by atoms with van der Waals surface area (Å²) in [5.41, 5.74) is -0.395. The number of hydrogen-bond donors (Lipinski definition) is 3. The standard InChI is InChI=1S/C25H43N3O4S/c1-8-10-26-20(30)17-16-13-15(2)25(33-16)18(17)22(32)28(11-9-12-29)19(25)21(31)27-24(6,7)14-23(3,4)5/h15-19,29H,8-14H2,1-7H3,(H,26,30)(H,27,31)/t15?,16-,17+,18-,19?,25?/m0/s1. The lowest BCUT2D eigenvalue weighted by atomic mass is 9.65. The first-order chi connectivity index (χ1) is 15.3. The van der Waals surface area contributed by atoms with E-state index in [2.05, 4.69) is 38.3 Å². The molecule has 0 aromatic carbocycles. The molecule has 8 heteroatoms. The van der Waals surface area contributed by atoms with Gasteiger partial charge in [-0.15, -0.1) is 11.8 Å². The van der Waals surface area contributed by atoms with Crippen LogP contribution in [-0.2, 0) is 14.4 Å². The van der Waals surface area contributed by atoms with Gasteiger partial charge >= 0.3 is 0 Å². The van der Waals surface area contributed by atoms with E-state index in [0.717, 1.165) is 19.3 Å². The Morgan fingerprint density at radius 1 is 1.21 bits per heavy atom. The molecule has 33 heavy (non-hydrogen) atoms.